The number of hydrogen-bond acceptors (Lipinski definition) is 3. The van der Waals surface area contributed by atoms with Crippen molar-refractivity contribution >= 4 is 5.91 Å². The third-order valence-corrected chi connectivity index (χ3v) is 4.38. The Balaban J connectivity index is 2.54. The first-order chi connectivity index (χ1) is 8.35. The number of amides is 1. The van der Waals surface area contributed by atoms with Crippen LogP contribution in [0.1, 0.15) is 59.3 Å². The lowest BCUT2D eigenvalue weighted by molar-refractivity contribution is -0.129. The fourth-order valence-corrected chi connectivity index (χ4v) is 2.72. The second-order valence-corrected chi connectivity index (χ2v) is 5.97. The smallest absolute Gasteiger partial charge is 0.240 e. The van der Waals surface area contributed by atoms with Crippen LogP contribution in [0.2, 0.25) is 0 Å². The zero-order valence-electron chi connectivity index (χ0n) is 12.0. The average molecular weight is 256 g/mol. The number of aliphatic hydroxyl groups is 1. The van der Waals surface area contributed by atoms with Crippen molar-refractivity contribution in [3.05, 3.63) is 0 Å². The summed E-state index contributed by atoms with van der Waals surface area (Å²) >= 11 is 0. The van der Waals surface area contributed by atoms with Gasteiger partial charge < -0.3 is 16.2 Å². The summed E-state index contributed by atoms with van der Waals surface area (Å²) in [7, 11) is 0. The van der Waals surface area contributed by atoms with Crippen molar-refractivity contribution in [2.24, 2.45) is 11.7 Å². The van der Waals surface area contributed by atoms with Crippen LogP contribution < -0.4 is 11.1 Å². The molecular weight excluding hydrogens is 228 g/mol. The number of nitrogens with one attached hydrogen (secondary N) is 1. The first-order valence-corrected chi connectivity index (χ1v) is 7.15. The molecule has 0 radical (unpaired) electrons. The molecule has 1 amide bonds. The highest BCUT2D eigenvalue weighted by molar-refractivity contribution is 5.86. The summed E-state index contributed by atoms with van der Waals surface area (Å²) in [5, 5.41) is 13.0. The number of rotatable bonds is 5. The summed E-state index contributed by atoms with van der Waals surface area (Å²) in [5.41, 5.74) is 4.68. The molecule has 1 aliphatic rings. The summed E-state index contributed by atoms with van der Waals surface area (Å²) in [5.74, 6) is 0.403. The topological polar surface area (TPSA) is 75.3 Å². The summed E-state index contributed by atoms with van der Waals surface area (Å²) in [6, 6.07) is 0. The van der Waals surface area contributed by atoms with Gasteiger partial charge in [0.05, 0.1) is 11.1 Å². The SMILES string of the molecule is CCC(O)(CC)CNC(=O)C1(N)CCCC(C)C1. The highest BCUT2D eigenvalue weighted by Gasteiger charge is 2.38. The normalized spacial score (nSPS) is 29.1. The highest BCUT2D eigenvalue weighted by atomic mass is 16.3. The van der Waals surface area contributed by atoms with Crippen molar-refractivity contribution in [3.63, 3.8) is 0 Å². The quantitative estimate of drug-likeness (QED) is 0.699. The Morgan fingerprint density at radius 1 is 1.50 bits per heavy atom. The molecule has 4 N–H and O–H groups in total. The molecule has 2 unspecified atom stereocenters. The van der Waals surface area contributed by atoms with Gasteiger partial charge in [0.25, 0.3) is 0 Å². The fraction of sp³-hybridized carbons (Fsp3) is 0.929. The van der Waals surface area contributed by atoms with Crippen molar-refractivity contribution in [1.82, 2.24) is 5.32 Å². The minimum absolute atomic E-state index is 0.102. The molecule has 2 atom stereocenters. The van der Waals surface area contributed by atoms with E-state index < -0.39 is 11.1 Å². The van der Waals surface area contributed by atoms with E-state index in [9.17, 15) is 9.90 Å². The number of carbonyl (C=O) groups excluding carboxylic acids is 1. The molecule has 1 aliphatic carbocycles. The van der Waals surface area contributed by atoms with Gasteiger partial charge in [-0.1, -0.05) is 33.6 Å². The second-order valence-electron chi connectivity index (χ2n) is 5.97. The van der Waals surface area contributed by atoms with Gasteiger partial charge in [-0.25, -0.2) is 0 Å². The Morgan fingerprint density at radius 2 is 2.11 bits per heavy atom. The summed E-state index contributed by atoms with van der Waals surface area (Å²) in [6.07, 6.45) is 4.93. The maximum absolute atomic E-state index is 12.2. The van der Waals surface area contributed by atoms with E-state index in [2.05, 4.69) is 12.2 Å². The van der Waals surface area contributed by atoms with Gasteiger partial charge in [0.2, 0.25) is 5.91 Å². The van der Waals surface area contributed by atoms with E-state index in [1.54, 1.807) is 0 Å². The molecule has 1 fully saturated rings. The van der Waals surface area contributed by atoms with Gasteiger partial charge in [-0.05, 0) is 31.6 Å². The largest absolute Gasteiger partial charge is 0.388 e. The number of nitrogens with two attached hydrogens (primary N) is 1. The zero-order chi connectivity index (χ0) is 13.8. The predicted molar refractivity (Wildman–Crippen MR) is 73.1 cm³/mol. The molecule has 0 saturated heterocycles. The van der Waals surface area contributed by atoms with E-state index in [-0.39, 0.29) is 5.91 Å². The lowest BCUT2D eigenvalue weighted by atomic mass is 9.76. The van der Waals surface area contributed by atoms with Gasteiger partial charge in [0.15, 0.2) is 0 Å². The molecule has 4 nitrogen and oxygen atoms in total. The molecule has 106 valence electrons. The zero-order valence-corrected chi connectivity index (χ0v) is 12.0. The molecule has 0 aromatic heterocycles. The Morgan fingerprint density at radius 3 is 2.61 bits per heavy atom. The van der Waals surface area contributed by atoms with E-state index in [0.29, 0.717) is 25.3 Å². The molecule has 4 heteroatoms. The van der Waals surface area contributed by atoms with E-state index >= 15 is 0 Å². The molecule has 18 heavy (non-hydrogen) atoms. The lowest BCUT2D eigenvalue weighted by Crippen LogP contribution is -2.58. The first-order valence-electron chi connectivity index (χ1n) is 7.15. The van der Waals surface area contributed by atoms with Crippen molar-refractivity contribution in [3.8, 4) is 0 Å². The Kier molecular flexibility index (Phi) is 5.17. The molecule has 0 aromatic rings. The standard InChI is InChI=1S/C14H28N2O2/c1-4-13(18,5-2)10-16-12(17)14(15)8-6-7-11(3)9-14/h11,18H,4-10,15H2,1-3H3,(H,16,17). The van der Waals surface area contributed by atoms with Gasteiger partial charge >= 0.3 is 0 Å². The molecule has 0 aliphatic heterocycles. The number of carbonyl (C=O) groups is 1. The van der Waals surface area contributed by atoms with Crippen LogP contribution in [0.4, 0.5) is 0 Å². The van der Waals surface area contributed by atoms with Crippen molar-refractivity contribution < 1.29 is 9.90 Å². The molecule has 0 bridgehead atoms. The van der Waals surface area contributed by atoms with Gasteiger partial charge in [0, 0.05) is 6.54 Å². The van der Waals surface area contributed by atoms with Crippen molar-refractivity contribution in [2.75, 3.05) is 6.54 Å². The first kappa shape index (κ1) is 15.4. The molecule has 1 saturated carbocycles. The third-order valence-electron chi connectivity index (χ3n) is 4.38. The van der Waals surface area contributed by atoms with E-state index in [1.807, 2.05) is 13.8 Å². The van der Waals surface area contributed by atoms with Gasteiger partial charge in [-0.15, -0.1) is 0 Å². The molecule has 0 heterocycles. The van der Waals surface area contributed by atoms with Crippen LogP contribution >= 0.6 is 0 Å². The Hall–Kier alpha value is -0.610. The highest BCUT2D eigenvalue weighted by Crippen LogP contribution is 2.30. The maximum atomic E-state index is 12.2. The minimum atomic E-state index is -0.799. The molecular formula is C14H28N2O2. The summed E-state index contributed by atoms with van der Waals surface area (Å²) < 4.78 is 0. The van der Waals surface area contributed by atoms with Crippen LogP contribution in [0.3, 0.4) is 0 Å². The van der Waals surface area contributed by atoms with Crippen molar-refractivity contribution in [1.29, 1.82) is 0 Å². The van der Waals surface area contributed by atoms with E-state index in [4.69, 9.17) is 5.73 Å². The van der Waals surface area contributed by atoms with Gasteiger partial charge in [-0.2, -0.15) is 0 Å². The van der Waals surface area contributed by atoms with Crippen LogP contribution in [0.5, 0.6) is 0 Å². The van der Waals surface area contributed by atoms with Crippen molar-refractivity contribution in [2.45, 2.75) is 70.4 Å². The van der Waals surface area contributed by atoms with Crippen LogP contribution in [0.25, 0.3) is 0 Å². The second kappa shape index (κ2) is 6.02. The van der Waals surface area contributed by atoms with Crippen LogP contribution in [-0.2, 0) is 4.79 Å². The van der Waals surface area contributed by atoms with Gasteiger partial charge in [0.1, 0.15) is 0 Å². The van der Waals surface area contributed by atoms with Crippen LogP contribution in [-0.4, -0.2) is 28.7 Å². The average Bonchev–Trinajstić information content (AvgIpc) is 2.35. The maximum Gasteiger partial charge on any atom is 0.240 e. The Labute approximate surface area is 110 Å². The Bertz CT molecular complexity index is 290. The minimum Gasteiger partial charge on any atom is -0.388 e. The van der Waals surface area contributed by atoms with Gasteiger partial charge in [-0.3, -0.25) is 4.79 Å². The van der Waals surface area contributed by atoms with E-state index in [1.165, 1.54) is 0 Å². The van der Waals surface area contributed by atoms with E-state index in [0.717, 1.165) is 25.7 Å². The predicted octanol–water partition coefficient (Wildman–Crippen LogP) is 1.56. The van der Waals surface area contributed by atoms with Crippen LogP contribution in [0.15, 0.2) is 0 Å². The summed E-state index contributed by atoms with van der Waals surface area (Å²) in [6.45, 7) is 6.29. The monoisotopic (exact) mass is 256 g/mol. The third kappa shape index (κ3) is 3.69. The molecule has 1 rings (SSSR count). The fourth-order valence-electron chi connectivity index (χ4n) is 2.72. The number of hydrogen-bond donors (Lipinski definition) is 3. The molecule has 0 spiro atoms. The van der Waals surface area contributed by atoms with Crippen LogP contribution in [0, 0.1) is 5.92 Å². The lowest BCUT2D eigenvalue weighted by Gasteiger charge is -2.36. The summed E-state index contributed by atoms with van der Waals surface area (Å²) in [4.78, 5) is 12.2. The molecule has 0 aromatic carbocycles.